The average molecular weight is 413 g/mol. The number of rotatable bonds is 8. The van der Waals surface area contributed by atoms with Gasteiger partial charge in [0.2, 0.25) is 5.91 Å². The fourth-order valence-electron chi connectivity index (χ4n) is 2.67. The molecule has 0 saturated carbocycles. The van der Waals surface area contributed by atoms with Gasteiger partial charge in [-0.25, -0.2) is 9.89 Å². The van der Waals surface area contributed by atoms with Gasteiger partial charge in [0.15, 0.2) is 5.16 Å². The Morgan fingerprint density at radius 3 is 2.76 bits per heavy atom. The van der Waals surface area contributed by atoms with E-state index in [0.29, 0.717) is 29.4 Å². The topological polar surface area (TPSA) is 123 Å². The summed E-state index contributed by atoms with van der Waals surface area (Å²) in [6.07, 6.45) is 0.660. The average Bonchev–Trinajstić information content (AvgIpc) is 3.06. The lowest BCUT2D eigenvalue weighted by Gasteiger charge is -2.08. The molecule has 150 valence electrons. The summed E-state index contributed by atoms with van der Waals surface area (Å²) in [5.41, 5.74) is 1.76. The number of hydrogen-bond acceptors (Lipinski definition) is 6. The van der Waals surface area contributed by atoms with Crippen molar-refractivity contribution in [3.63, 3.8) is 0 Å². The van der Waals surface area contributed by atoms with Crippen LogP contribution in [0.25, 0.3) is 0 Å². The number of hydrogen-bond donors (Lipinski definition) is 2. The molecule has 1 heterocycles. The Morgan fingerprint density at radius 2 is 2.03 bits per heavy atom. The number of nitrogens with one attached hydrogen (secondary N) is 2. The molecule has 0 aliphatic carbocycles. The molecule has 0 aliphatic rings. The Kier molecular flexibility index (Phi) is 6.45. The van der Waals surface area contributed by atoms with Crippen molar-refractivity contribution in [1.29, 1.82) is 0 Å². The third-order valence-corrected chi connectivity index (χ3v) is 5.20. The molecule has 29 heavy (non-hydrogen) atoms. The first kappa shape index (κ1) is 20.3. The van der Waals surface area contributed by atoms with Crippen molar-refractivity contribution in [3.8, 4) is 0 Å². The Labute approximate surface area is 170 Å². The van der Waals surface area contributed by atoms with Crippen molar-refractivity contribution in [1.82, 2.24) is 14.8 Å². The van der Waals surface area contributed by atoms with Gasteiger partial charge in [0.05, 0.1) is 16.4 Å². The molecule has 0 fully saturated rings. The molecule has 3 aromatic rings. The molecule has 0 bridgehead atoms. The van der Waals surface area contributed by atoms with Crippen molar-refractivity contribution < 1.29 is 9.72 Å². The molecule has 0 radical (unpaired) electrons. The first-order valence-corrected chi connectivity index (χ1v) is 9.79. The van der Waals surface area contributed by atoms with Crippen LogP contribution in [0.3, 0.4) is 0 Å². The highest BCUT2D eigenvalue weighted by molar-refractivity contribution is 7.99. The lowest BCUT2D eigenvalue weighted by atomic mass is 10.1. The number of benzene rings is 2. The minimum atomic E-state index is -0.515. The molecular formula is C19H19N5O4S. The first-order chi connectivity index (χ1) is 13.9. The molecule has 2 N–H and O–H groups in total. The fourth-order valence-corrected chi connectivity index (χ4v) is 3.44. The summed E-state index contributed by atoms with van der Waals surface area (Å²) in [5.74, 6) is -0.332. The monoisotopic (exact) mass is 413 g/mol. The summed E-state index contributed by atoms with van der Waals surface area (Å²) < 4.78 is 1.49. The van der Waals surface area contributed by atoms with Crippen LogP contribution < -0.4 is 11.0 Å². The molecule has 1 amide bonds. The Bertz CT molecular complexity index is 1080. The van der Waals surface area contributed by atoms with E-state index >= 15 is 0 Å². The summed E-state index contributed by atoms with van der Waals surface area (Å²) in [6, 6.07) is 14.0. The molecule has 2 aromatic carbocycles. The molecule has 0 atom stereocenters. The number of carbonyl (C=O) groups excluding carboxylic acids is 1. The van der Waals surface area contributed by atoms with Crippen LogP contribution in [0.4, 0.5) is 11.4 Å². The molecule has 9 nitrogen and oxygen atoms in total. The smallest absolute Gasteiger partial charge is 0.325 e. The summed E-state index contributed by atoms with van der Waals surface area (Å²) in [6.45, 7) is 2.19. The van der Waals surface area contributed by atoms with Crippen LogP contribution in [0.1, 0.15) is 11.1 Å². The largest absolute Gasteiger partial charge is 0.343 e. The summed E-state index contributed by atoms with van der Waals surface area (Å²) in [4.78, 5) is 34.7. The number of thioether (sulfide) groups is 1. The Morgan fingerprint density at radius 1 is 1.28 bits per heavy atom. The van der Waals surface area contributed by atoms with Gasteiger partial charge in [0.1, 0.15) is 0 Å². The van der Waals surface area contributed by atoms with Gasteiger partial charge in [-0.2, -0.15) is 0 Å². The molecule has 10 heteroatoms. The highest BCUT2D eigenvalue weighted by atomic mass is 32.2. The molecule has 1 aromatic heterocycles. The van der Waals surface area contributed by atoms with Crippen LogP contribution in [-0.4, -0.2) is 31.3 Å². The number of anilines is 1. The van der Waals surface area contributed by atoms with Gasteiger partial charge in [0.25, 0.3) is 5.69 Å². The fraction of sp³-hybridized carbons (Fsp3) is 0.211. The van der Waals surface area contributed by atoms with E-state index in [2.05, 4.69) is 15.5 Å². The highest BCUT2D eigenvalue weighted by Gasteiger charge is 2.14. The third kappa shape index (κ3) is 5.32. The zero-order chi connectivity index (χ0) is 20.8. The number of nitrogens with zero attached hydrogens (tertiary/aromatic N) is 3. The van der Waals surface area contributed by atoms with Gasteiger partial charge >= 0.3 is 5.69 Å². The second-order valence-corrected chi connectivity index (χ2v) is 7.23. The van der Waals surface area contributed by atoms with E-state index in [1.165, 1.54) is 16.7 Å². The van der Waals surface area contributed by atoms with Crippen LogP contribution in [-0.2, 0) is 17.8 Å². The number of H-pyrrole nitrogens is 1. The highest BCUT2D eigenvalue weighted by Crippen LogP contribution is 2.22. The number of nitro groups is 1. The predicted octanol–water partition coefficient (Wildman–Crippen LogP) is 2.76. The number of aromatic nitrogens is 3. The van der Waals surface area contributed by atoms with Gasteiger partial charge < -0.3 is 5.32 Å². The molecule has 0 aliphatic heterocycles. The number of aryl methyl sites for hydroxylation is 2. The van der Waals surface area contributed by atoms with Gasteiger partial charge in [-0.1, -0.05) is 48.2 Å². The third-order valence-electron chi connectivity index (χ3n) is 4.23. The normalized spacial score (nSPS) is 10.7. The van der Waals surface area contributed by atoms with E-state index < -0.39 is 4.92 Å². The minimum absolute atomic E-state index is 0.0117. The van der Waals surface area contributed by atoms with Crippen LogP contribution in [0.2, 0.25) is 0 Å². The lowest BCUT2D eigenvalue weighted by Crippen LogP contribution is -2.20. The molecule has 0 spiro atoms. The zero-order valence-corrected chi connectivity index (χ0v) is 16.4. The van der Waals surface area contributed by atoms with Crippen molar-refractivity contribution >= 4 is 29.0 Å². The van der Waals surface area contributed by atoms with Gasteiger partial charge in [0, 0.05) is 18.7 Å². The second-order valence-electron chi connectivity index (χ2n) is 6.29. The number of non-ortho nitro benzene ring substituents is 1. The molecule has 0 unspecified atom stereocenters. The van der Waals surface area contributed by atoms with Gasteiger partial charge in [-0.05, 0) is 24.5 Å². The maximum atomic E-state index is 12.3. The standard InChI is InChI=1S/C19H19N5O4S/c1-13-7-8-15(24(27)28)11-16(13)20-17(25)12-29-19-22-21-18(26)23(19)10-9-14-5-3-2-4-6-14/h2-8,11H,9-10,12H2,1H3,(H,20,25)(H,21,26). The second kappa shape index (κ2) is 9.20. The van der Waals surface area contributed by atoms with Crippen LogP contribution >= 0.6 is 11.8 Å². The summed E-state index contributed by atoms with van der Waals surface area (Å²) in [7, 11) is 0. The van der Waals surface area contributed by atoms with E-state index in [1.54, 1.807) is 13.0 Å². The SMILES string of the molecule is Cc1ccc([N+](=O)[O-])cc1NC(=O)CSc1n[nH]c(=O)n1CCc1ccccc1. The van der Waals surface area contributed by atoms with Crippen molar-refractivity contribution in [2.45, 2.75) is 25.0 Å². The van der Waals surface area contributed by atoms with Crippen LogP contribution in [0, 0.1) is 17.0 Å². The summed E-state index contributed by atoms with van der Waals surface area (Å²) in [5, 5.41) is 20.4. The first-order valence-electron chi connectivity index (χ1n) is 8.81. The minimum Gasteiger partial charge on any atom is -0.325 e. The maximum Gasteiger partial charge on any atom is 0.343 e. The lowest BCUT2D eigenvalue weighted by molar-refractivity contribution is -0.384. The van der Waals surface area contributed by atoms with Crippen LogP contribution in [0.15, 0.2) is 58.5 Å². The van der Waals surface area contributed by atoms with E-state index in [0.717, 1.165) is 17.3 Å². The van der Waals surface area contributed by atoms with E-state index in [4.69, 9.17) is 0 Å². The Hall–Kier alpha value is -3.40. The molecule has 0 saturated heterocycles. The van der Waals surface area contributed by atoms with Crippen molar-refractivity contribution in [3.05, 3.63) is 80.3 Å². The van der Waals surface area contributed by atoms with E-state index in [9.17, 15) is 19.7 Å². The zero-order valence-electron chi connectivity index (χ0n) is 15.6. The van der Waals surface area contributed by atoms with Gasteiger partial charge in [-0.15, -0.1) is 5.10 Å². The van der Waals surface area contributed by atoms with Crippen molar-refractivity contribution in [2.24, 2.45) is 0 Å². The summed E-state index contributed by atoms with van der Waals surface area (Å²) >= 11 is 1.12. The van der Waals surface area contributed by atoms with Crippen molar-refractivity contribution in [2.75, 3.05) is 11.1 Å². The Balaban J connectivity index is 1.62. The number of carbonyl (C=O) groups is 1. The maximum absolute atomic E-state index is 12.3. The van der Waals surface area contributed by atoms with E-state index in [1.807, 2.05) is 30.3 Å². The number of aromatic amines is 1. The number of nitro benzene ring substituents is 1. The van der Waals surface area contributed by atoms with Gasteiger partial charge in [-0.3, -0.25) is 19.5 Å². The quantitative estimate of drug-likeness (QED) is 0.333. The number of amides is 1. The predicted molar refractivity (Wildman–Crippen MR) is 110 cm³/mol. The van der Waals surface area contributed by atoms with Crippen LogP contribution in [0.5, 0.6) is 0 Å². The van der Waals surface area contributed by atoms with E-state index in [-0.39, 0.29) is 23.0 Å². The molecular weight excluding hydrogens is 394 g/mol. The molecule has 3 rings (SSSR count).